The Kier molecular flexibility index (Phi) is 10.7. The molecule has 2 rings (SSSR count). The molecule has 3 heteroatoms. The SMILES string of the molecule is CCCCCCCCC[C@@H](CC=O)O[Si](c1ccccc1)(c1ccccc1)C(C)(C)C. The van der Waals surface area contributed by atoms with Gasteiger partial charge >= 0.3 is 0 Å². The number of carbonyl (C=O) groups is 1. The third kappa shape index (κ3) is 7.15. The molecule has 0 aromatic heterocycles. The van der Waals surface area contributed by atoms with Gasteiger partial charge in [0, 0.05) is 6.42 Å². The molecule has 0 saturated heterocycles. The fourth-order valence-electron chi connectivity index (χ4n) is 4.60. The molecule has 0 bridgehead atoms. The van der Waals surface area contributed by atoms with E-state index in [0.717, 1.165) is 19.1 Å². The van der Waals surface area contributed by atoms with Gasteiger partial charge in [0.25, 0.3) is 8.32 Å². The molecule has 0 radical (unpaired) electrons. The van der Waals surface area contributed by atoms with Gasteiger partial charge in [0.1, 0.15) is 6.29 Å². The number of benzene rings is 2. The lowest BCUT2D eigenvalue weighted by molar-refractivity contribution is -0.109. The predicted molar refractivity (Wildman–Crippen MR) is 136 cm³/mol. The van der Waals surface area contributed by atoms with E-state index in [4.69, 9.17) is 4.43 Å². The third-order valence-corrected chi connectivity index (χ3v) is 11.3. The predicted octanol–water partition coefficient (Wildman–Crippen LogP) is 6.66. The summed E-state index contributed by atoms with van der Waals surface area (Å²) in [6.07, 6.45) is 11.4. The maximum Gasteiger partial charge on any atom is 0.261 e. The Bertz CT molecular complexity index is 697. The topological polar surface area (TPSA) is 26.3 Å². The molecule has 31 heavy (non-hydrogen) atoms. The average Bonchev–Trinajstić information content (AvgIpc) is 2.77. The van der Waals surface area contributed by atoms with Crippen LogP contribution in [0.5, 0.6) is 0 Å². The standard InChI is InChI=1S/C28H42O2Si/c1-5-6-7-8-9-10-13-18-25(23-24-29)30-31(28(2,3)4,26-19-14-11-15-20-26)27-21-16-12-17-22-27/h11-12,14-17,19-22,24-25H,5-10,13,18,23H2,1-4H3/t25-/m0/s1. The van der Waals surface area contributed by atoms with Crippen molar-refractivity contribution in [1.29, 1.82) is 0 Å². The summed E-state index contributed by atoms with van der Waals surface area (Å²) in [5.41, 5.74) is 0. The Morgan fingerprint density at radius 2 is 1.29 bits per heavy atom. The molecule has 0 amide bonds. The molecule has 0 fully saturated rings. The van der Waals surface area contributed by atoms with Crippen molar-refractivity contribution in [1.82, 2.24) is 0 Å². The van der Waals surface area contributed by atoms with E-state index in [1.54, 1.807) is 0 Å². The van der Waals surface area contributed by atoms with E-state index >= 15 is 0 Å². The summed E-state index contributed by atoms with van der Waals surface area (Å²) in [6.45, 7) is 9.15. The van der Waals surface area contributed by atoms with Crippen molar-refractivity contribution in [2.45, 2.75) is 96.6 Å². The number of aldehydes is 1. The van der Waals surface area contributed by atoms with E-state index in [0.29, 0.717) is 6.42 Å². The minimum absolute atomic E-state index is 0.0283. The second-order valence-corrected chi connectivity index (χ2v) is 14.0. The van der Waals surface area contributed by atoms with Gasteiger partial charge in [-0.15, -0.1) is 0 Å². The highest BCUT2D eigenvalue weighted by atomic mass is 28.4. The number of hydrogen-bond donors (Lipinski definition) is 0. The first-order chi connectivity index (χ1) is 15.0. The molecule has 0 aliphatic rings. The van der Waals surface area contributed by atoms with Crippen LogP contribution in [0.4, 0.5) is 0 Å². The van der Waals surface area contributed by atoms with Crippen LogP contribution in [-0.2, 0) is 9.22 Å². The quantitative estimate of drug-likeness (QED) is 0.187. The highest BCUT2D eigenvalue weighted by Crippen LogP contribution is 2.38. The van der Waals surface area contributed by atoms with Crippen molar-refractivity contribution < 1.29 is 9.22 Å². The number of rotatable bonds is 14. The maximum atomic E-state index is 11.6. The molecule has 0 N–H and O–H groups in total. The minimum Gasteiger partial charge on any atom is -0.404 e. The van der Waals surface area contributed by atoms with Crippen molar-refractivity contribution in [2.75, 3.05) is 0 Å². The second-order valence-electron chi connectivity index (χ2n) is 9.72. The number of hydrogen-bond acceptors (Lipinski definition) is 2. The molecule has 0 aliphatic carbocycles. The van der Waals surface area contributed by atoms with Gasteiger partial charge in [-0.25, -0.2) is 0 Å². The summed E-state index contributed by atoms with van der Waals surface area (Å²) in [5.74, 6) is 0. The number of unbranched alkanes of at least 4 members (excludes halogenated alkanes) is 6. The third-order valence-electron chi connectivity index (χ3n) is 6.25. The fourth-order valence-corrected chi connectivity index (χ4v) is 9.33. The van der Waals surface area contributed by atoms with Crippen molar-refractivity contribution in [3.05, 3.63) is 60.7 Å². The zero-order valence-electron chi connectivity index (χ0n) is 20.1. The van der Waals surface area contributed by atoms with Crippen LogP contribution in [0.1, 0.15) is 85.5 Å². The summed E-state index contributed by atoms with van der Waals surface area (Å²) in [6, 6.07) is 21.5. The van der Waals surface area contributed by atoms with Crippen LogP contribution < -0.4 is 10.4 Å². The van der Waals surface area contributed by atoms with Crippen molar-refractivity contribution in [3.63, 3.8) is 0 Å². The van der Waals surface area contributed by atoms with Crippen molar-refractivity contribution >= 4 is 25.0 Å². The second kappa shape index (κ2) is 13.0. The maximum absolute atomic E-state index is 11.6. The summed E-state index contributed by atoms with van der Waals surface area (Å²) < 4.78 is 7.17. The molecule has 0 unspecified atom stereocenters. The van der Waals surface area contributed by atoms with E-state index in [-0.39, 0.29) is 11.1 Å². The van der Waals surface area contributed by atoms with Crippen LogP contribution in [0.2, 0.25) is 5.04 Å². The lowest BCUT2D eigenvalue weighted by Crippen LogP contribution is -2.67. The van der Waals surface area contributed by atoms with Crippen LogP contribution in [0.3, 0.4) is 0 Å². The zero-order chi connectivity index (χ0) is 22.6. The first-order valence-electron chi connectivity index (χ1n) is 12.2. The molecule has 2 aromatic rings. The van der Waals surface area contributed by atoms with Crippen molar-refractivity contribution in [3.8, 4) is 0 Å². The molecular weight excluding hydrogens is 396 g/mol. The molecule has 170 valence electrons. The first kappa shape index (κ1) is 25.5. The Hall–Kier alpha value is -1.71. The summed E-state index contributed by atoms with van der Waals surface area (Å²) in [7, 11) is -2.59. The Morgan fingerprint density at radius 1 is 0.806 bits per heavy atom. The molecule has 0 aliphatic heterocycles. The Morgan fingerprint density at radius 3 is 1.74 bits per heavy atom. The smallest absolute Gasteiger partial charge is 0.261 e. The van der Waals surface area contributed by atoms with E-state index in [9.17, 15) is 4.79 Å². The van der Waals surface area contributed by atoms with Gasteiger partial charge in [-0.3, -0.25) is 0 Å². The van der Waals surface area contributed by atoms with Gasteiger partial charge in [-0.05, 0) is 21.8 Å². The fraction of sp³-hybridized carbons (Fsp3) is 0.536. The largest absolute Gasteiger partial charge is 0.404 e. The summed E-state index contributed by atoms with van der Waals surface area (Å²) in [5, 5.41) is 2.50. The molecule has 1 atom stereocenters. The van der Waals surface area contributed by atoms with Crippen LogP contribution in [0, 0.1) is 0 Å². The highest BCUT2D eigenvalue weighted by Gasteiger charge is 2.51. The van der Waals surface area contributed by atoms with E-state index in [1.807, 2.05) is 0 Å². The molecule has 2 aromatic carbocycles. The molecule has 0 heterocycles. The molecule has 2 nitrogen and oxygen atoms in total. The minimum atomic E-state index is -2.59. The van der Waals surface area contributed by atoms with Crippen LogP contribution in [-0.4, -0.2) is 20.7 Å². The van der Waals surface area contributed by atoms with E-state index < -0.39 is 8.32 Å². The Labute approximate surface area is 191 Å². The van der Waals surface area contributed by atoms with Crippen molar-refractivity contribution in [2.24, 2.45) is 0 Å². The lowest BCUT2D eigenvalue weighted by Gasteiger charge is -2.45. The molecule has 0 spiro atoms. The van der Waals surface area contributed by atoms with Gasteiger partial charge in [0.2, 0.25) is 0 Å². The van der Waals surface area contributed by atoms with Crippen LogP contribution in [0.15, 0.2) is 60.7 Å². The monoisotopic (exact) mass is 438 g/mol. The highest BCUT2D eigenvalue weighted by molar-refractivity contribution is 6.99. The first-order valence-corrected chi connectivity index (χ1v) is 14.1. The summed E-state index contributed by atoms with van der Waals surface area (Å²) in [4.78, 5) is 11.6. The van der Waals surface area contributed by atoms with E-state index in [1.165, 1.54) is 48.9 Å². The van der Waals surface area contributed by atoms with Crippen LogP contribution >= 0.6 is 0 Å². The summed E-state index contributed by atoms with van der Waals surface area (Å²) >= 11 is 0. The zero-order valence-corrected chi connectivity index (χ0v) is 21.1. The molecule has 0 saturated carbocycles. The Balaban J connectivity index is 2.27. The number of carbonyl (C=O) groups excluding carboxylic acids is 1. The van der Waals surface area contributed by atoms with Gasteiger partial charge in [-0.2, -0.15) is 0 Å². The lowest BCUT2D eigenvalue weighted by atomic mass is 10.1. The normalized spacial score (nSPS) is 13.2. The van der Waals surface area contributed by atoms with Gasteiger partial charge in [-0.1, -0.05) is 133 Å². The average molecular weight is 439 g/mol. The van der Waals surface area contributed by atoms with Gasteiger partial charge in [0.05, 0.1) is 6.10 Å². The molecular formula is C28H42O2Si. The van der Waals surface area contributed by atoms with Gasteiger partial charge in [0.15, 0.2) is 0 Å². The van der Waals surface area contributed by atoms with E-state index in [2.05, 4.69) is 88.4 Å². The van der Waals surface area contributed by atoms with Crippen LogP contribution in [0.25, 0.3) is 0 Å². The van der Waals surface area contributed by atoms with Gasteiger partial charge < -0.3 is 9.22 Å².